The quantitative estimate of drug-likeness (QED) is 0.709. The van der Waals surface area contributed by atoms with E-state index in [-0.39, 0.29) is 0 Å². The summed E-state index contributed by atoms with van der Waals surface area (Å²) in [5.74, 6) is 0.911. The average Bonchev–Trinajstić information content (AvgIpc) is 2.47. The Morgan fingerprint density at radius 3 is 2.48 bits per heavy atom. The third kappa shape index (κ3) is 4.22. The summed E-state index contributed by atoms with van der Waals surface area (Å²) >= 11 is 9.46. The maximum absolute atomic E-state index is 5.95. The molecule has 2 aromatic rings. The number of methoxy groups -OCH3 is 1. The van der Waals surface area contributed by atoms with Gasteiger partial charge in [-0.2, -0.15) is 0 Å². The average molecular weight is 369 g/mol. The Hall–Kier alpha value is -1.03. The highest BCUT2D eigenvalue weighted by atomic mass is 79.9. The van der Waals surface area contributed by atoms with E-state index in [1.807, 2.05) is 24.3 Å². The molecule has 0 radical (unpaired) electrons. The number of benzene rings is 2. The molecule has 0 amide bonds. The molecule has 0 heterocycles. The molecule has 0 saturated carbocycles. The number of hydrogen-bond acceptors (Lipinski definition) is 2. The van der Waals surface area contributed by atoms with E-state index in [2.05, 4.69) is 53.0 Å². The minimum absolute atomic E-state index is 0.297. The highest BCUT2D eigenvalue weighted by molar-refractivity contribution is 9.10. The molecule has 112 valence electrons. The third-order valence-electron chi connectivity index (χ3n) is 3.68. The summed E-state index contributed by atoms with van der Waals surface area (Å²) in [6.07, 6.45) is 0. The van der Waals surface area contributed by atoms with Gasteiger partial charge in [0.2, 0.25) is 0 Å². The SMILES string of the molecule is COc1ccc(Br)cc1CN(C)C(C)c1ccc(Cl)cc1. The molecule has 2 nitrogen and oxygen atoms in total. The molecular formula is C17H19BrClNO. The van der Waals surface area contributed by atoms with Gasteiger partial charge in [0.25, 0.3) is 0 Å². The van der Waals surface area contributed by atoms with Gasteiger partial charge in [-0.05, 0) is 49.9 Å². The molecule has 0 spiro atoms. The van der Waals surface area contributed by atoms with Crippen LogP contribution >= 0.6 is 27.5 Å². The van der Waals surface area contributed by atoms with Gasteiger partial charge in [0.05, 0.1) is 7.11 Å². The summed E-state index contributed by atoms with van der Waals surface area (Å²) in [5.41, 5.74) is 2.41. The maximum Gasteiger partial charge on any atom is 0.123 e. The molecule has 0 N–H and O–H groups in total. The summed E-state index contributed by atoms with van der Waals surface area (Å²) in [5, 5.41) is 0.766. The topological polar surface area (TPSA) is 12.5 Å². The molecule has 21 heavy (non-hydrogen) atoms. The molecule has 1 unspecified atom stereocenters. The fourth-order valence-corrected chi connectivity index (χ4v) is 2.81. The van der Waals surface area contributed by atoms with E-state index in [9.17, 15) is 0 Å². The zero-order chi connectivity index (χ0) is 15.4. The van der Waals surface area contributed by atoms with Crippen molar-refractivity contribution in [2.75, 3.05) is 14.2 Å². The van der Waals surface area contributed by atoms with Crippen LogP contribution in [-0.4, -0.2) is 19.1 Å². The summed E-state index contributed by atoms with van der Waals surface area (Å²) in [6.45, 7) is 3.00. The van der Waals surface area contributed by atoms with Crippen LogP contribution in [0.5, 0.6) is 5.75 Å². The van der Waals surface area contributed by atoms with Crippen molar-refractivity contribution >= 4 is 27.5 Å². The van der Waals surface area contributed by atoms with Crippen LogP contribution in [0.25, 0.3) is 0 Å². The zero-order valence-corrected chi connectivity index (χ0v) is 14.8. The smallest absolute Gasteiger partial charge is 0.123 e. The van der Waals surface area contributed by atoms with Crippen molar-refractivity contribution in [3.05, 3.63) is 63.1 Å². The van der Waals surface area contributed by atoms with E-state index in [0.29, 0.717) is 6.04 Å². The lowest BCUT2D eigenvalue weighted by atomic mass is 10.1. The van der Waals surface area contributed by atoms with Crippen molar-refractivity contribution in [3.63, 3.8) is 0 Å². The van der Waals surface area contributed by atoms with Gasteiger partial charge in [-0.3, -0.25) is 4.90 Å². The lowest BCUT2D eigenvalue weighted by Crippen LogP contribution is -2.22. The Morgan fingerprint density at radius 1 is 1.19 bits per heavy atom. The lowest BCUT2D eigenvalue weighted by Gasteiger charge is -2.26. The molecule has 0 saturated heterocycles. The maximum atomic E-state index is 5.95. The molecule has 2 rings (SSSR count). The summed E-state index contributed by atoms with van der Waals surface area (Å²) in [6, 6.07) is 14.4. The van der Waals surface area contributed by atoms with E-state index in [1.165, 1.54) is 5.56 Å². The molecule has 0 fully saturated rings. The number of rotatable bonds is 5. The van der Waals surface area contributed by atoms with Crippen LogP contribution in [0.3, 0.4) is 0 Å². The van der Waals surface area contributed by atoms with Gasteiger partial charge in [0.15, 0.2) is 0 Å². The van der Waals surface area contributed by atoms with Crippen LogP contribution in [0, 0.1) is 0 Å². The van der Waals surface area contributed by atoms with Crippen LogP contribution in [0.1, 0.15) is 24.1 Å². The van der Waals surface area contributed by atoms with Gasteiger partial charge in [-0.1, -0.05) is 39.7 Å². The standard InChI is InChI=1S/C17H19BrClNO/c1-12(13-4-7-16(19)8-5-13)20(2)11-14-10-15(18)6-9-17(14)21-3/h4-10,12H,11H2,1-3H3. The van der Waals surface area contributed by atoms with Crippen molar-refractivity contribution in [2.45, 2.75) is 19.5 Å². The highest BCUT2D eigenvalue weighted by Crippen LogP contribution is 2.27. The molecule has 0 aliphatic rings. The van der Waals surface area contributed by atoms with Crippen molar-refractivity contribution in [1.29, 1.82) is 0 Å². The summed E-state index contributed by atoms with van der Waals surface area (Å²) in [4.78, 5) is 2.29. The van der Waals surface area contributed by atoms with Gasteiger partial charge < -0.3 is 4.74 Å². The van der Waals surface area contributed by atoms with Gasteiger partial charge >= 0.3 is 0 Å². The lowest BCUT2D eigenvalue weighted by molar-refractivity contribution is 0.249. The van der Waals surface area contributed by atoms with Crippen molar-refractivity contribution in [2.24, 2.45) is 0 Å². The number of ether oxygens (including phenoxy) is 1. The predicted octanol–water partition coefficient (Wildman–Crippen LogP) is 5.30. The first-order valence-corrected chi connectivity index (χ1v) is 7.96. The van der Waals surface area contributed by atoms with Crippen molar-refractivity contribution < 1.29 is 4.74 Å². The van der Waals surface area contributed by atoms with Gasteiger partial charge in [-0.15, -0.1) is 0 Å². The molecular weight excluding hydrogens is 350 g/mol. The molecule has 0 aromatic heterocycles. The van der Waals surface area contributed by atoms with E-state index in [1.54, 1.807) is 7.11 Å². The van der Waals surface area contributed by atoms with E-state index < -0.39 is 0 Å². The van der Waals surface area contributed by atoms with E-state index in [0.717, 1.165) is 27.4 Å². The predicted molar refractivity (Wildman–Crippen MR) is 92.0 cm³/mol. The van der Waals surface area contributed by atoms with E-state index >= 15 is 0 Å². The summed E-state index contributed by atoms with van der Waals surface area (Å²) in [7, 11) is 3.81. The van der Waals surface area contributed by atoms with Crippen LogP contribution in [0.4, 0.5) is 0 Å². The fraction of sp³-hybridized carbons (Fsp3) is 0.294. The largest absolute Gasteiger partial charge is 0.496 e. The van der Waals surface area contributed by atoms with Crippen LogP contribution in [0.15, 0.2) is 46.9 Å². The van der Waals surface area contributed by atoms with Crippen molar-refractivity contribution in [3.8, 4) is 5.75 Å². The normalized spacial score (nSPS) is 12.5. The first-order valence-electron chi connectivity index (χ1n) is 6.79. The monoisotopic (exact) mass is 367 g/mol. The number of nitrogens with zero attached hydrogens (tertiary/aromatic N) is 1. The number of halogens is 2. The van der Waals surface area contributed by atoms with Crippen LogP contribution in [0.2, 0.25) is 5.02 Å². The fourth-order valence-electron chi connectivity index (χ4n) is 2.27. The van der Waals surface area contributed by atoms with Gasteiger partial charge in [-0.25, -0.2) is 0 Å². The first-order chi connectivity index (χ1) is 10.0. The highest BCUT2D eigenvalue weighted by Gasteiger charge is 2.14. The Balaban J connectivity index is 2.15. The second-order valence-corrected chi connectivity index (χ2v) is 6.45. The summed E-state index contributed by atoms with van der Waals surface area (Å²) < 4.78 is 6.50. The molecule has 2 aromatic carbocycles. The minimum atomic E-state index is 0.297. The van der Waals surface area contributed by atoms with E-state index in [4.69, 9.17) is 16.3 Å². The molecule has 0 bridgehead atoms. The van der Waals surface area contributed by atoms with Crippen LogP contribution < -0.4 is 4.74 Å². The first kappa shape index (κ1) is 16.3. The zero-order valence-electron chi connectivity index (χ0n) is 12.4. The molecule has 0 aliphatic heterocycles. The Bertz CT molecular complexity index is 600. The van der Waals surface area contributed by atoms with Gasteiger partial charge in [0, 0.05) is 27.6 Å². The molecule has 4 heteroatoms. The Labute approximate surface area is 139 Å². The second-order valence-electron chi connectivity index (χ2n) is 5.10. The van der Waals surface area contributed by atoms with Gasteiger partial charge in [0.1, 0.15) is 5.75 Å². The molecule has 0 aliphatic carbocycles. The number of hydrogen-bond donors (Lipinski definition) is 0. The minimum Gasteiger partial charge on any atom is -0.496 e. The Morgan fingerprint density at radius 2 is 1.86 bits per heavy atom. The molecule has 1 atom stereocenters. The second kappa shape index (κ2) is 7.30. The van der Waals surface area contributed by atoms with Crippen LogP contribution in [-0.2, 0) is 6.54 Å². The van der Waals surface area contributed by atoms with Crippen molar-refractivity contribution in [1.82, 2.24) is 4.90 Å². The third-order valence-corrected chi connectivity index (χ3v) is 4.42. The Kier molecular flexibility index (Phi) is 5.68.